The van der Waals surface area contributed by atoms with E-state index in [-0.39, 0.29) is 12.0 Å². The van der Waals surface area contributed by atoms with Crippen LogP contribution < -0.4 is 10.6 Å². The molecule has 0 aliphatic heterocycles. The molecular weight excluding hydrogens is 382 g/mol. The van der Waals surface area contributed by atoms with Gasteiger partial charge in [0.05, 0.1) is 10.4 Å². The van der Waals surface area contributed by atoms with E-state index in [1.54, 1.807) is 32.9 Å². The van der Waals surface area contributed by atoms with Crippen LogP contribution >= 0.6 is 22.9 Å². The second-order valence-electron chi connectivity index (χ2n) is 6.16. The molecule has 8 heteroatoms. The number of nitrogens with one attached hydrogen (secondary N) is 2. The van der Waals surface area contributed by atoms with Gasteiger partial charge in [-0.1, -0.05) is 31.5 Å². The molecule has 1 aromatic heterocycles. The lowest BCUT2D eigenvalue weighted by atomic mass is 10.0. The maximum atomic E-state index is 13.8. The van der Waals surface area contributed by atoms with Crippen molar-refractivity contribution in [2.45, 2.75) is 32.9 Å². The molecule has 0 fully saturated rings. The first-order valence-corrected chi connectivity index (χ1v) is 9.20. The third-order valence-electron chi connectivity index (χ3n) is 3.81. The minimum Gasteiger partial charge on any atom is -0.347 e. The van der Waals surface area contributed by atoms with E-state index in [1.807, 2.05) is 0 Å². The molecule has 2 aromatic rings. The summed E-state index contributed by atoms with van der Waals surface area (Å²) in [6, 6.07) is 5.42. The second-order valence-corrected chi connectivity index (χ2v) is 7.91. The van der Waals surface area contributed by atoms with Crippen molar-refractivity contribution in [2.24, 2.45) is 5.92 Å². The van der Waals surface area contributed by atoms with E-state index in [0.717, 1.165) is 17.0 Å². The Hall–Kier alpha value is -1.99. The van der Waals surface area contributed by atoms with Crippen molar-refractivity contribution in [1.29, 1.82) is 0 Å². The molecule has 0 radical (unpaired) electrons. The predicted molar refractivity (Wildman–Crippen MR) is 98.3 cm³/mol. The molecule has 2 atom stereocenters. The summed E-state index contributed by atoms with van der Waals surface area (Å²) in [7, 11) is 0. The molecule has 0 spiro atoms. The van der Waals surface area contributed by atoms with E-state index in [0.29, 0.717) is 4.34 Å². The molecule has 0 saturated carbocycles. The smallest absolute Gasteiger partial charge is 0.257 e. The Bertz CT molecular complexity index is 790. The SMILES string of the molecule is CC(NC(=O)C(NC(=O)c1c(F)cccc1F)C(C)C)c1ccc(Cl)s1. The summed E-state index contributed by atoms with van der Waals surface area (Å²) >= 11 is 7.23. The summed E-state index contributed by atoms with van der Waals surface area (Å²) in [6.45, 7) is 5.25. The van der Waals surface area contributed by atoms with Crippen LogP contribution in [0.25, 0.3) is 0 Å². The summed E-state index contributed by atoms with van der Waals surface area (Å²) in [4.78, 5) is 25.7. The van der Waals surface area contributed by atoms with E-state index in [9.17, 15) is 18.4 Å². The lowest BCUT2D eigenvalue weighted by molar-refractivity contribution is -0.124. The highest BCUT2D eigenvalue weighted by molar-refractivity contribution is 7.16. The zero-order valence-corrected chi connectivity index (χ0v) is 16.0. The van der Waals surface area contributed by atoms with Gasteiger partial charge >= 0.3 is 0 Å². The highest BCUT2D eigenvalue weighted by Crippen LogP contribution is 2.26. The first-order valence-electron chi connectivity index (χ1n) is 8.01. The summed E-state index contributed by atoms with van der Waals surface area (Å²) in [5, 5.41) is 5.21. The Labute approximate surface area is 159 Å². The fraction of sp³-hybridized carbons (Fsp3) is 0.333. The standard InChI is InChI=1S/C18H19ClF2N2O2S/c1-9(2)16(18(25)22-10(3)13-7-8-14(19)26-13)23-17(24)15-11(20)5-4-6-12(15)21/h4-10,16H,1-3H3,(H,22,25)(H,23,24). The molecule has 2 amide bonds. The molecule has 2 rings (SSSR count). The van der Waals surface area contributed by atoms with Crippen LogP contribution in [0.15, 0.2) is 30.3 Å². The van der Waals surface area contributed by atoms with Crippen LogP contribution in [0, 0.1) is 17.6 Å². The highest BCUT2D eigenvalue weighted by Gasteiger charge is 2.28. The number of rotatable bonds is 6. The van der Waals surface area contributed by atoms with Gasteiger partial charge in [-0.25, -0.2) is 8.78 Å². The zero-order valence-electron chi connectivity index (χ0n) is 14.5. The third kappa shape index (κ3) is 4.80. The van der Waals surface area contributed by atoms with Crippen molar-refractivity contribution in [2.75, 3.05) is 0 Å². The Morgan fingerprint density at radius 2 is 1.65 bits per heavy atom. The van der Waals surface area contributed by atoms with Gasteiger partial charge in [0.25, 0.3) is 5.91 Å². The Morgan fingerprint density at radius 3 is 2.15 bits per heavy atom. The fourth-order valence-corrected chi connectivity index (χ4v) is 3.46. The van der Waals surface area contributed by atoms with Crippen molar-refractivity contribution < 1.29 is 18.4 Å². The van der Waals surface area contributed by atoms with Gasteiger partial charge in [0, 0.05) is 4.88 Å². The average molecular weight is 401 g/mol. The quantitative estimate of drug-likeness (QED) is 0.759. The van der Waals surface area contributed by atoms with Gasteiger partial charge in [-0.05, 0) is 37.1 Å². The molecule has 0 saturated heterocycles. The van der Waals surface area contributed by atoms with Gasteiger partial charge in [0.15, 0.2) is 0 Å². The van der Waals surface area contributed by atoms with Crippen molar-refractivity contribution >= 4 is 34.8 Å². The molecule has 4 nitrogen and oxygen atoms in total. The number of carbonyl (C=O) groups excluding carboxylic acids is 2. The molecule has 2 N–H and O–H groups in total. The highest BCUT2D eigenvalue weighted by atomic mass is 35.5. The van der Waals surface area contributed by atoms with E-state index in [1.165, 1.54) is 17.4 Å². The van der Waals surface area contributed by atoms with Crippen LogP contribution in [-0.4, -0.2) is 17.9 Å². The molecule has 0 aliphatic rings. The maximum absolute atomic E-state index is 13.8. The van der Waals surface area contributed by atoms with Crippen molar-refractivity contribution in [3.63, 3.8) is 0 Å². The largest absolute Gasteiger partial charge is 0.347 e. The first kappa shape index (κ1) is 20.3. The number of hydrogen-bond donors (Lipinski definition) is 2. The Kier molecular flexibility index (Phi) is 6.72. The Morgan fingerprint density at radius 1 is 1.04 bits per heavy atom. The topological polar surface area (TPSA) is 58.2 Å². The molecule has 140 valence electrons. The van der Waals surface area contributed by atoms with Crippen LogP contribution in [0.3, 0.4) is 0 Å². The van der Waals surface area contributed by atoms with Crippen LogP contribution in [-0.2, 0) is 4.79 Å². The van der Waals surface area contributed by atoms with Gasteiger partial charge in [-0.3, -0.25) is 9.59 Å². The van der Waals surface area contributed by atoms with Gasteiger partial charge in [0.1, 0.15) is 23.2 Å². The minimum atomic E-state index is -0.980. The van der Waals surface area contributed by atoms with Crippen molar-refractivity contribution in [3.8, 4) is 0 Å². The zero-order chi connectivity index (χ0) is 19.4. The molecule has 26 heavy (non-hydrogen) atoms. The first-order chi connectivity index (χ1) is 12.2. The number of thiophene rings is 1. The van der Waals surface area contributed by atoms with Crippen molar-refractivity contribution in [3.05, 3.63) is 56.7 Å². The van der Waals surface area contributed by atoms with Gasteiger partial charge in [0.2, 0.25) is 5.91 Å². The molecule has 0 bridgehead atoms. The number of hydrogen-bond acceptors (Lipinski definition) is 3. The number of halogens is 3. The number of benzene rings is 1. The second kappa shape index (κ2) is 8.60. The van der Waals surface area contributed by atoms with Crippen molar-refractivity contribution in [1.82, 2.24) is 10.6 Å². The maximum Gasteiger partial charge on any atom is 0.257 e. The van der Waals surface area contributed by atoms with E-state index in [4.69, 9.17) is 11.6 Å². The minimum absolute atomic E-state index is 0.284. The lowest BCUT2D eigenvalue weighted by Gasteiger charge is -2.24. The molecule has 2 unspecified atom stereocenters. The van der Waals surface area contributed by atoms with Crippen LogP contribution in [0.2, 0.25) is 4.34 Å². The van der Waals surface area contributed by atoms with Crippen LogP contribution in [0.1, 0.15) is 42.0 Å². The lowest BCUT2D eigenvalue weighted by Crippen LogP contribution is -2.50. The van der Waals surface area contributed by atoms with Crippen LogP contribution in [0.4, 0.5) is 8.78 Å². The fourth-order valence-electron chi connectivity index (χ4n) is 2.40. The number of amides is 2. The summed E-state index contributed by atoms with van der Waals surface area (Å²) in [5.74, 6) is -3.66. The van der Waals surface area contributed by atoms with Gasteiger partial charge in [-0.15, -0.1) is 11.3 Å². The molecule has 1 aromatic carbocycles. The van der Waals surface area contributed by atoms with E-state index >= 15 is 0 Å². The number of carbonyl (C=O) groups is 2. The molecule has 0 aliphatic carbocycles. The predicted octanol–water partition coefficient (Wildman–Crippen LogP) is 4.31. The summed E-state index contributed by atoms with van der Waals surface area (Å²) in [5.41, 5.74) is -0.705. The average Bonchev–Trinajstić information content (AvgIpc) is 2.98. The molecule has 1 heterocycles. The van der Waals surface area contributed by atoms with Crippen LogP contribution in [0.5, 0.6) is 0 Å². The third-order valence-corrected chi connectivity index (χ3v) is 5.22. The summed E-state index contributed by atoms with van der Waals surface area (Å²) in [6.07, 6.45) is 0. The Balaban J connectivity index is 2.13. The molecular formula is C18H19ClF2N2O2S. The summed E-state index contributed by atoms with van der Waals surface area (Å²) < 4.78 is 28.2. The van der Waals surface area contributed by atoms with E-state index in [2.05, 4.69) is 10.6 Å². The monoisotopic (exact) mass is 400 g/mol. The van der Waals surface area contributed by atoms with Gasteiger partial charge in [-0.2, -0.15) is 0 Å². The normalized spacial score (nSPS) is 13.3. The van der Waals surface area contributed by atoms with Gasteiger partial charge < -0.3 is 10.6 Å². The van der Waals surface area contributed by atoms with E-state index < -0.39 is 35.1 Å².